The molecule has 1 aliphatic rings. The molecule has 24 heavy (non-hydrogen) atoms. The van der Waals surface area contributed by atoms with Gasteiger partial charge in [-0.05, 0) is 45.8 Å². The molecule has 140 valence electrons. The molecule has 0 spiro atoms. The van der Waals surface area contributed by atoms with E-state index in [0.717, 1.165) is 39.0 Å². The van der Waals surface area contributed by atoms with Crippen LogP contribution in [-0.4, -0.2) is 80.4 Å². The highest BCUT2D eigenvalue weighted by Gasteiger charge is 2.29. The topological polar surface area (TPSA) is 62.0 Å². The molecule has 1 heterocycles. The Kier molecular flexibility index (Phi) is 9.66. The number of rotatable bonds is 9. The first-order chi connectivity index (χ1) is 11.3. The van der Waals surface area contributed by atoms with Crippen LogP contribution in [0, 0.1) is 5.92 Å². The van der Waals surface area contributed by atoms with Gasteiger partial charge in [-0.2, -0.15) is 0 Å². The Morgan fingerprint density at radius 3 is 2.54 bits per heavy atom. The molecular weight excluding hydrogens is 328 g/mol. The Bertz CT molecular complexity index is 398. The Morgan fingerprint density at radius 1 is 1.42 bits per heavy atom. The molecule has 0 bridgehead atoms. The van der Waals surface area contributed by atoms with E-state index in [1.807, 2.05) is 0 Å². The van der Waals surface area contributed by atoms with Crippen LogP contribution in [0.15, 0.2) is 11.6 Å². The van der Waals surface area contributed by atoms with Crippen LogP contribution < -0.4 is 5.73 Å². The number of nitrogens with zero attached hydrogens (tertiary/aromatic N) is 3. The minimum Gasteiger partial charge on any atom is -0.434 e. The van der Waals surface area contributed by atoms with Crippen molar-refractivity contribution in [3.8, 4) is 0 Å². The van der Waals surface area contributed by atoms with Gasteiger partial charge in [0.15, 0.2) is 0 Å². The maximum Gasteiger partial charge on any atom is 0.411 e. The summed E-state index contributed by atoms with van der Waals surface area (Å²) in [5.74, 6) is 0.688. The van der Waals surface area contributed by atoms with Crippen LogP contribution in [0.3, 0.4) is 0 Å². The lowest BCUT2D eigenvalue weighted by Gasteiger charge is -2.38. The molecule has 1 rings (SSSR count). The van der Waals surface area contributed by atoms with E-state index in [1.165, 1.54) is 6.42 Å². The van der Waals surface area contributed by atoms with Crippen molar-refractivity contribution in [3.63, 3.8) is 0 Å². The zero-order valence-corrected chi connectivity index (χ0v) is 16.1. The largest absolute Gasteiger partial charge is 0.434 e. The van der Waals surface area contributed by atoms with E-state index in [2.05, 4.69) is 37.4 Å². The summed E-state index contributed by atoms with van der Waals surface area (Å²) in [4.78, 5) is 18.5. The fourth-order valence-electron chi connectivity index (χ4n) is 3.25. The van der Waals surface area contributed by atoms with Crippen LogP contribution in [-0.2, 0) is 4.74 Å². The second kappa shape index (κ2) is 10.9. The van der Waals surface area contributed by atoms with Crippen LogP contribution >= 0.6 is 11.6 Å². The predicted octanol–water partition coefficient (Wildman–Crippen LogP) is 2.15. The number of nitrogens with two attached hydrogens (primary N) is 1. The predicted molar refractivity (Wildman–Crippen MR) is 99.0 cm³/mol. The van der Waals surface area contributed by atoms with E-state index >= 15 is 0 Å². The van der Waals surface area contributed by atoms with Crippen LogP contribution in [0.4, 0.5) is 4.79 Å². The standard InChI is InChI=1S/C17H33ClN4O2/c1-14(11-20(3)4)5-8-21-9-6-16(7-10-21)22(12-15(2)18)17(23)24-13-19/h14,16H,2,5-13,19H2,1,3-4H3. The first-order valence-corrected chi connectivity index (χ1v) is 9.05. The van der Waals surface area contributed by atoms with Gasteiger partial charge in [-0.25, -0.2) is 4.79 Å². The third-order valence-electron chi connectivity index (χ3n) is 4.40. The van der Waals surface area contributed by atoms with Crippen molar-refractivity contribution in [1.29, 1.82) is 0 Å². The first-order valence-electron chi connectivity index (χ1n) is 8.67. The van der Waals surface area contributed by atoms with Gasteiger partial charge in [-0.1, -0.05) is 25.1 Å². The van der Waals surface area contributed by atoms with E-state index in [-0.39, 0.29) is 12.8 Å². The van der Waals surface area contributed by atoms with Gasteiger partial charge < -0.3 is 14.5 Å². The summed E-state index contributed by atoms with van der Waals surface area (Å²) >= 11 is 5.90. The zero-order chi connectivity index (χ0) is 18.1. The number of carbonyl (C=O) groups excluding carboxylic acids is 1. The molecule has 1 amide bonds. The van der Waals surface area contributed by atoms with Gasteiger partial charge in [0.1, 0.15) is 6.73 Å². The summed E-state index contributed by atoms with van der Waals surface area (Å²) in [7, 11) is 4.23. The molecule has 1 unspecified atom stereocenters. The summed E-state index contributed by atoms with van der Waals surface area (Å²) in [6.45, 7) is 10.4. The van der Waals surface area contributed by atoms with Crippen molar-refractivity contribution in [2.75, 3.05) is 53.5 Å². The van der Waals surface area contributed by atoms with E-state index < -0.39 is 6.09 Å². The lowest BCUT2D eigenvalue weighted by Crippen LogP contribution is -2.48. The van der Waals surface area contributed by atoms with Gasteiger partial charge in [-0.3, -0.25) is 10.6 Å². The number of amides is 1. The fraction of sp³-hybridized carbons (Fsp3) is 0.824. The summed E-state index contributed by atoms with van der Waals surface area (Å²) in [5.41, 5.74) is 5.32. The molecule has 0 aliphatic carbocycles. The first kappa shape index (κ1) is 21.2. The summed E-state index contributed by atoms with van der Waals surface area (Å²) < 4.78 is 4.95. The SMILES string of the molecule is C=C(Cl)CN(C(=O)OCN)C1CCN(CCC(C)CN(C)C)CC1. The van der Waals surface area contributed by atoms with Crippen molar-refractivity contribution >= 4 is 17.7 Å². The number of carbonyl (C=O) groups is 1. The Labute approximate surface area is 151 Å². The molecule has 7 heteroatoms. The van der Waals surface area contributed by atoms with Gasteiger partial charge in [0.25, 0.3) is 0 Å². The van der Waals surface area contributed by atoms with Gasteiger partial charge in [-0.15, -0.1) is 0 Å². The maximum absolute atomic E-state index is 12.1. The highest BCUT2D eigenvalue weighted by Crippen LogP contribution is 2.20. The molecule has 1 aliphatic heterocycles. The molecule has 1 saturated heterocycles. The third kappa shape index (κ3) is 7.83. The molecule has 6 nitrogen and oxygen atoms in total. The number of hydrogen-bond donors (Lipinski definition) is 1. The second-order valence-electron chi connectivity index (χ2n) is 6.95. The maximum atomic E-state index is 12.1. The summed E-state index contributed by atoms with van der Waals surface area (Å²) in [6.07, 6.45) is 2.63. The number of halogens is 1. The van der Waals surface area contributed by atoms with Crippen LogP contribution in [0.25, 0.3) is 0 Å². The van der Waals surface area contributed by atoms with Gasteiger partial charge >= 0.3 is 6.09 Å². The number of likely N-dealkylation sites (tertiary alicyclic amines) is 1. The number of piperidine rings is 1. The summed E-state index contributed by atoms with van der Waals surface area (Å²) in [5, 5.41) is 0.434. The zero-order valence-electron chi connectivity index (χ0n) is 15.3. The quantitative estimate of drug-likeness (QED) is 0.638. The highest BCUT2D eigenvalue weighted by molar-refractivity contribution is 6.29. The molecule has 0 aromatic rings. The smallest absolute Gasteiger partial charge is 0.411 e. The monoisotopic (exact) mass is 360 g/mol. The van der Waals surface area contributed by atoms with Gasteiger partial charge in [0, 0.05) is 30.7 Å². The third-order valence-corrected chi connectivity index (χ3v) is 4.52. The summed E-state index contributed by atoms with van der Waals surface area (Å²) in [6, 6.07) is 0.134. The van der Waals surface area contributed by atoms with Crippen molar-refractivity contribution in [2.45, 2.75) is 32.2 Å². The normalized spacial score (nSPS) is 17.8. The lowest BCUT2D eigenvalue weighted by molar-refractivity contribution is 0.0704. The average Bonchev–Trinajstić information content (AvgIpc) is 2.50. The number of hydrogen-bond acceptors (Lipinski definition) is 5. The van der Waals surface area contributed by atoms with E-state index in [1.54, 1.807) is 4.90 Å². The van der Waals surface area contributed by atoms with Crippen LogP contribution in [0.1, 0.15) is 26.2 Å². The molecule has 0 saturated carbocycles. The molecule has 2 N–H and O–H groups in total. The van der Waals surface area contributed by atoms with Crippen molar-refractivity contribution < 1.29 is 9.53 Å². The lowest BCUT2D eigenvalue weighted by atomic mass is 10.0. The molecule has 0 radical (unpaired) electrons. The average molecular weight is 361 g/mol. The fourth-order valence-corrected chi connectivity index (χ4v) is 3.38. The van der Waals surface area contributed by atoms with E-state index in [4.69, 9.17) is 22.1 Å². The van der Waals surface area contributed by atoms with Crippen LogP contribution in [0.2, 0.25) is 0 Å². The minimum atomic E-state index is -0.405. The Balaban J connectivity index is 2.43. The van der Waals surface area contributed by atoms with Gasteiger partial charge in [0.2, 0.25) is 0 Å². The second-order valence-corrected chi connectivity index (χ2v) is 7.49. The minimum absolute atomic E-state index is 0.118. The highest BCUT2D eigenvalue weighted by atomic mass is 35.5. The van der Waals surface area contributed by atoms with Crippen LogP contribution in [0.5, 0.6) is 0 Å². The molecular formula is C17H33ClN4O2. The van der Waals surface area contributed by atoms with Crippen molar-refractivity contribution in [1.82, 2.24) is 14.7 Å². The Hall–Kier alpha value is -0.820. The van der Waals surface area contributed by atoms with Crippen molar-refractivity contribution in [2.24, 2.45) is 11.7 Å². The molecule has 0 aromatic carbocycles. The molecule has 1 fully saturated rings. The number of ether oxygens (including phenoxy) is 1. The van der Waals surface area contributed by atoms with Crippen molar-refractivity contribution in [3.05, 3.63) is 11.6 Å². The Morgan fingerprint density at radius 2 is 2.04 bits per heavy atom. The molecule has 0 aromatic heterocycles. The van der Waals surface area contributed by atoms with Gasteiger partial charge in [0.05, 0.1) is 6.54 Å². The molecule has 1 atom stereocenters. The van der Waals surface area contributed by atoms with E-state index in [9.17, 15) is 4.79 Å². The van der Waals surface area contributed by atoms with E-state index in [0.29, 0.717) is 17.5 Å².